The van der Waals surface area contributed by atoms with Gasteiger partial charge in [0.05, 0.1) is 0 Å². The van der Waals surface area contributed by atoms with Gasteiger partial charge in [-0.05, 0) is 18.8 Å². The highest BCUT2D eigenvalue weighted by molar-refractivity contribution is 5.80. The van der Waals surface area contributed by atoms with Crippen LogP contribution in [0.25, 0.3) is 0 Å². The standard InChI is InChI=1S/C9H15NO2/c10-8(6-9(11)12)7-4-2-1-3-5-7/h6-7H,1-5,10H2,(H,11,12)/b8-6-. The molecule has 1 saturated carbocycles. The summed E-state index contributed by atoms with van der Waals surface area (Å²) in [7, 11) is 0. The monoisotopic (exact) mass is 169 g/mol. The molecular weight excluding hydrogens is 154 g/mol. The average molecular weight is 169 g/mol. The molecule has 12 heavy (non-hydrogen) atoms. The van der Waals surface area contributed by atoms with Crippen molar-refractivity contribution in [1.82, 2.24) is 0 Å². The van der Waals surface area contributed by atoms with Crippen molar-refractivity contribution in [2.24, 2.45) is 11.7 Å². The predicted molar refractivity (Wildman–Crippen MR) is 46.5 cm³/mol. The summed E-state index contributed by atoms with van der Waals surface area (Å²) in [6.07, 6.45) is 6.86. The Morgan fingerprint density at radius 2 is 1.92 bits per heavy atom. The number of allylic oxidation sites excluding steroid dienone is 1. The topological polar surface area (TPSA) is 63.3 Å². The summed E-state index contributed by atoms with van der Waals surface area (Å²) in [6.45, 7) is 0. The lowest BCUT2D eigenvalue weighted by atomic mass is 9.87. The SMILES string of the molecule is N/C(=C\C(=O)O)C1CCCCC1. The van der Waals surface area contributed by atoms with Crippen LogP contribution in [0.5, 0.6) is 0 Å². The van der Waals surface area contributed by atoms with Gasteiger partial charge in [-0.2, -0.15) is 0 Å². The Morgan fingerprint density at radius 1 is 1.33 bits per heavy atom. The molecule has 1 aliphatic carbocycles. The van der Waals surface area contributed by atoms with Crippen LogP contribution in [0.4, 0.5) is 0 Å². The Kier molecular flexibility index (Phi) is 3.14. The molecule has 1 fully saturated rings. The number of carbonyl (C=O) groups is 1. The van der Waals surface area contributed by atoms with E-state index in [0.29, 0.717) is 11.6 Å². The number of hydrogen-bond donors (Lipinski definition) is 2. The summed E-state index contributed by atoms with van der Waals surface area (Å²) in [5.41, 5.74) is 6.17. The van der Waals surface area contributed by atoms with Crippen molar-refractivity contribution in [3.8, 4) is 0 Å². The van der Waals surface area contributed by atoms with Crippen LogP contribution in [0, 0.1) is 5.92 Å². The van der Waals surface area contributed by atoms with Crippen molar-refractivity contribution in [3.05, 3.63) is 11.8 Å². The molecule has 0 spiro atoms. The van der Waals surface area contributed by atoms with Crippen LogP contribution < -0.4 is 5.73 Å². The maximum Gasteiger partial charge on any atom is 0.330 e. The van der Waals surface area contributed by atoms with E-state index in [4.69, 9.17) is 10.8 Å². The van der Waals surface area contributed by atoms with E-state index in [1.807, 2.05) is 0 Å². The van der Waals surface area contributed by atoms with Crippen LogP contribution in [0.2, 0.25) is 0 Å². The number of aliphatic carboxylic acids is 1. The Bertz CT molecular complexity index is 193. The van der Waals surface area contributed by atoms with E-state index in [-0.39, 0.29) is 0 Å². The number of carboxylic acids is 1. The quantitative estimate of drug-likeness (QED) is 0.615. The third kappa shape index (κ3) is 2.57. The number of hydrogen-bond acceptors (Lipinski definition) is 2. The highest BCUT2D eigenvalue weighted by Crippen LogP contribution is 2.27. The molecule has 0 radical (unpaired) electrons. The number of nitrogens with two attached hydrogens (primary N) is 1. The van der Waals surface area contributed by atoms with Gasteiger partial charge in [-0.15, -0.1) is 0 Å². The first-order valence-electron chi connectivity index (χ1n) is 4.40. The van der Waals surface area contributed by atoms with E-state index in [1.54, 1.807) is 0 Å². The Morgan fingerprint density at radius 3 is 2.42 bits per heavy atom. The van der Waals surface area contributed by atoms with Crippen molar-refractivity contribution >= 4 is 5.97 Å². The fraction of sp³-hybridized carbons (Fsp3) is 0.667. The van der Waals surface area contributed by atoms with Crippen molar-refractivity contribution in [1.29, 1.82) is 0 Å². The summed E-state index contributed by atoms with van der Waals surface area (Å²) in [5, 5.41) is 8.46. The molecule has 0 aromatic rings. The third-order valence-corrected chi connectivity index (χ3v) is 2.37. The van der Waals surface area contributed by atoms with Crippen LogP contribution >= 0.6 is 0 Å². The zero-order chi connectivity index (χ0) is 8.97. The van der Waals surface area contributed by atoms with Crippen molar-refractivity contribution in [2.75, 3.05) is 0 Å². The fourth-order valence-corrected chi connectivity index (χ4v) is 1.70. The molecule has 3 N–H and O–H groups in total. The molecule has 1 aliphatic rings. The van der Waals surface area contributed by atoms with Gasteiger partial charge >= 0.3 is 5.97 Å². The normalized spacial score (nSPS) is 20.8. The molecule has 3 nitrogen and oxygen atoms in total. The number of rotatable bonds is 2. The van der Waals surface area contributed by atoms with Gasteiger partial charge in [-0.25, -0.2) is 4.79 Å². The van der Waals surface area contributed by atoms with Gasteiger partial charge in [0.2, 0.25) is 0 Å². The summed E-state index contributed by atoms with van der Waals surface area (Å²) in [6, 6.07) is 0. The van der Waals surface area contributed by atoms with Gasteiger partial charge in [0, 0.05) is 11.8 Å². The molecule has 3 heteroatoms. The Balaban J connectivity index is 2.49. The molecular formula is C9H15NO2. The first-order chi connectivity index (χ1) is 5.70. The molecule has 0 heterocycles. The molecule has 0 atom stereocenters. The molecule has 68 valence electrons. The fourth-order valence-electron chi connectivity index (χ4n) is 1.70. The van der Waals surface area contributed by atoms with Crippen LogP contribution in [0.15, 0.2) is 11.8 Å². The van der Waals surface area contributed by atoms with E-state index in [9.17, 15) is 4.79 Å². The van der Waals surface area contributed by atoms with Crippen molar-refractivity contribution in [3.63, 3.8) is 0 Å². The second-order valence-electron chi connectivity index (χ2n) is 3.32. The maximum atomic E-state index is 10.3. The molecule has 0 saturated heterocycles. The van der Waals surface area contributed by atoms with Crippen molar-refractivity contribution in [2.45, 2.75) is 32.1 Å². The predicted octanol–water partition coefficient (Wildman–Crippen LogP) is 1.49. The summed E-state index contributed by atoms with van der Waals surface area (Å²) < 4.78 is 0. The largest absolute Gasteiger partial charge is 0.478 e. The molecule has 0 unspecified atom stereocenters. The lowest BCUT2D eigenvalue weighted by Gasteiger charge is -2.21. The third-order valence-electron chi connectivity index (χ3n) is 2.37. The molecule has 0 aromatic heterocycles. The zero-order valence-corrected chi connectivity index (χ0v) is 7.12. The molecule has 0 aliphatic heterocycles. The minimum absolute atomic E-state index is 0.315. The van der Waals surface area contributed by atoms with Crippen LogP contribution in [0.3, 0.4) is 0 Å². The maximum absolute atomic E-state index is 10.3. The number of carboxylic acid groups (broad SMARTS) is 1. The van der Waals surface area contributed by atoms with Crippen LogP contribution in [0.1, 0.15) is 32.1 Å². The first-order valence-corrected chi connectivity index (χ1v) is 4.40. The Labute approximate surface area is 72.3 Å². The minimum atomic E-state index is -0.932. The van der Waals surface area contributed by atoms with Gasteiger partial charge in [-0.1, -0.05) is 19.3 Å². The van der Waals surface area contributed by atoms with Gasteiger partial charge in [0.1, 0.15) is 0 Å². The van der Waals surface area contributed by atoms with Crippen LogP contribution in [-0.4, -0.2) is 11.1 Å². The van der Waals surface area contributed by atoms with Gasteiger partial charge in [0.15, 0.2) is 0 Å². The smallest absolute Gasteiger partial charge is 0.330 e. The zero-order valence-electron chi connectivity index (χ0n) is 7.12. The van der Waals surface area contributed by atoms with E-state index < -0.39 is 5.97 Å². The second kappa shape index (κ2) is 4.14. The van der Waals surface area contributed by atoms with E-state index in [1.165, 1.54) is 19.3 Å². The lowest BCUT2D eigenvalue weighted by Crippen LogP contribution is -2.16. The van der Waals surface area contributed by atoms with Gasteiger partial charge in [0.25, 0.3) is 0 Å². The average Bonchev–Trinajstić information content (AvgIpc) is 2.05. The van der Waals surface area contributed by atoms with E-state index in [2.05, 4.69) is 0 Å². The molecule has 1 rings (SSSR count). The Hall–Kier alpha value is -0.990. The van der Waals surface area contributed by atoms with Crippen LogP contribution in [-0.2, 0) is 4.79 Å². The summed E-state index contributed by atoms with van der Waals surface area (Å²) in [5.74, 6) is -0.618. The van der Waals surface area contributed by atoms with Gasteiger partial charge < -0.3 is 10.8 Å². The summed E-state index contributed by atoms with van der Waals surface area (Å²) >= 11 is 0. The highest BCUT2D eigenvalue weighted by atomic mass is 16.4. The highest BCUT2D eigenvalue weighted by Gasteiger charge is 2.15. The van der Waals surface area contributed by atoms with E-state index >= 15 is 0 Å². The first kappa shape index (κ1) is 9.10. The molecule has 0 aromatic carbocycles. The lowest BCUT2D eigenvalue weighted by molar-refractivity contribution is -0.131. The second-order valence-corrected chi connectivity index (χ2v) is 3.32. The van der Waals surface area contributed by atoms with E-state index in [0.717, 1.165) is 18.9 Å². The minimum Gasteiger partial charge on any atom is -0.478 e. The van der Waals surface area contributed by atoms with Gasteiger partial charge in [-0.3, -0.25) is 0 Å². The molecule has 0 amide bonds. The molecule has 0 bridgehead atoms. The summed E-state index contributed by atoms with van der Waals surface area (Å²) in [4.78, 5) is 10.3. The van der Waals surface area contributed by atoms with Crippen molar-refractivity contribution < 1.29 is 9.90 Å².